The van der Waals surface area contributed by atoms with Crippen molar-refractivity contribution in [2.24, 2.45) is 0 Å². The van der Waals surface area contributed by atoms with Crippen LogP contribution in [0.25, 0.3) is 0 Å². The van der Waals surface area contributed by atoms with Gasteiger partial charge in [0.15, 0.2) is 17.3 Å². The third-order valence-corrected chi connectivity index (χ3v) is 3.11. The molecule has 21 heavy (non-hydrogen) atoms. The second kappa shape index (κ2) is 5.97. The molecule has 0 aliphatic carbocycles. The monoisotopic (exact) mass is 282 g/mol. The van der Waals surface area contributed by atoms with Gasteiger partial charge in [0.2, 0.25) is 0 Å². The topological polar surface area (TPSA) is 84.6 Å². The van der Waals surface area contributed by atoms with Crippen molar-refractivity contribution in [1.29, 1.82) is 5.26 Å². The van der Waals surface area contributed by atoms with E-state index in [-0.39, 0.29) is 23.8 Å². The summed E-state index contributed by atoms with van der Waals surface area (Å²) in [5, 5.41) is 27.7. The first-order valence-electron chi connectivity index (χ1n) is 6.28. The molecule has 5 nitrogen and oxygen atoms in total. The van der Waals surface area contributed by atoms with Crippen LogP contribution in [-0.4, -0.2) is 29.6 Å². The van der Waals surface area contributed by atoms with Crippen molar-refractivity contribution in [1.82, 2.24) is 0 Å². The number of rotatable bonds is 4. The van der Waals surface area contributed by atoms with E-state index in [0.29, 0.717) is 16.8 Å². The molecule has 0 aliphatic rings. The maximum absolute atomic E-state index is 12.2. The molecule has 0 bridgehead atoms. The van der Waals surface area contributed by atoms with Crippen molar-refractivity contribution in [3.63, 3.8) is 0 Å². The fourth-order valence-electron chi connectivity index (χ4n) is 1.99. The van der Waals surface area contributed by atoms with Crippen molar-refractivity contribution >= 4 is 11.5 Å². The van der Waals surface area contributed by atoms with Gasteiger partial charge in [0, 0.05) is 12.6 Å². The number of phenols is 2. The van der Waals surface area contributed by atoms with E-state index in [2.05, 4.69) is 6.07 Å². The summed E-state index contributed by atoms with van der Waals surface area (Å²) in [6, 6.07) is 13.0. The molecule has 0 saturated carbocycles. The van der Waals surface area contributed by atoms with Gasteiger partial charge in [-0.15, -0.1) is 0 Å². The number of para-hydroxylation sites is 1. The third kappa shape index (κ3) is 3.12. The Morgan fingerprint density at radius 2 is 1.90 bits per heavy atom. The number of carbonyl (C=O) groups excluding carboxylic acids is 1. The van der Waals surface area contributed by atoms with E-state index in [1.807, 2.05) is 0 Å². The maximum Gasteiger partial charge on any atom is 0.182 e. The minimum Gasteiger partial charge on any atom is -0.504 e. The van der Waals surface area contributed by atoms with Crippen molar-refractivity contribution in [2.75, 3.05) is 18.5 Å². The molecule has 0 aromatic heterocycles. The van der Waals surface area contributed by atoms with E-state index in [4.69, 9.17) is 5.26 Å². The van der Waals surface area contributed by atoms with Crippen molar-refractivity contribution < 1.29 is 15.0 Å². The Morgan fingerprint density at radius 3 is 2.57 bits per heavy atom. The second-order valence-corrected chi connectivity index (χ2v) is 4.61. The number of likely N-dealkylation sites (N-methyl/N-ethyl adjacent to an activating group) is 1. The number of aromatic hydroxyl groups is 2. The summed E-state index contributed by atoms with van der Waals surface area (Å²) in [4.78, 5) is 13.8. The average Bonchev–Trinajstić information content (AvgIpc) is 2.49. The SMILES string of the molecule is CN(CC(=O)c1ccc(O)c(O)c1)c1ccccc1C#N. The van der Waals surface area contributed by atoms with E-state index in [1.165, 1.54) is 18.2 Å². The summed E-state index contributed by atoms with van der Waals surface area (Å²) in [6.07, 6.45) is 0. The number of nitrogens with zero attached hydrogens (tertiary/aromatic N) is 2. The quantitative estimate of drug-likeness (QED) is 0.664. The molecule has 0 heterocycles. The molecule has 5 heteroatoms. The van der Waals surface area contributed by atoms with Crippen LogP contribution in [0.1, 0.15) is 15.9 Å². The molecule has 2 N–H and O–H groups in total. The minimum absolute atomic E-state index is 0.0584. The first-order chi connectivity index (χ1) is 10.0. The lowest BCUT2D eigenvalue weighted by Gasteiger charge is -2.19. The number of carbonyl (C=O) groups is 1. The van der Waals surface area contributed by atoms with Crippen LogP contribution in [0.15, 0.2) is 42.5 Å². The lowest BCUT2D eigenvalue weighted by Crippen LogP contribution is -2.26. The summed E-state index contributed by atoms with van der Waals surface area (Å²) in [5.74, 6) is -0.823. The van der Waals surface area contributed by atoms with Gasteiger partial charge >= 0.3 is 0 Å². The molecule has 0 unspecified atom stereocenters. The van der Waals surface area contributed by atoms with E-state index in [1.54, 1.807) is 36.2 Å². The van der Waals surface area contributed by atoms with Crippen LogP contribution >= 0.6 is 0 Å². The number of hydrogen-bond donors (Lipinski definition) is 2. The van der Waals surface area contributed by atoms with Crippen LogP contribution in [0.2, 0.25) is 0 Å². The molecule has 2 rings (SSSR count). The lowest BCUT2D eigenvalue weighted by molar-refractivity contribution is 0.1000. The predicted molar refractivity (Wildman–Crippen MR) is 78.5 cm³/mol. The summed E-state index contributed by atoms with van der Waals surface area (Å²) >= 11 is 0. The van der Waals surface area contributed by atoms with Gasteiger partial charge in [0.05, 0.1) is 17.8 Å². The van der Waals surface area contributed by atoms with Crippen molar-refractivity contribution in [2.45, 2.75) is 0 Å². The molecular formula is C16H14N2O3. The number of ketones is 1. The van der Waals surface area contributed by atoms with Gasteiger partial charge in [-0.2, -0.15) is 5.26 Å². The first kappa shape index (κ1) is 14.4. The zero-order valence-corrected chi connectivity index (χ0v) is 11.4. The average molecular weight is 282 g/mol. The third-order valence-electron chi connectivity index (χ3n) is 3.11. The highest BCUT2D eigenvalue weighted by Crippen LogP contribution is 2.25. The van der Waals surface area contributed by atoms with Crippen LogP contribution < -0.4 is 4.90 Å². The molecule has 106 valence electrons. The molecule has 2 aromatic carbocycles. The number of anilines is 1. The van der Waals surface area contributed by atoms with Gasteiger partial charge in [0.1, 0.15) is 6.07 Å². The summed E-state index contributed by atoms with van der Waals surface area (Å²) in [7, 11) is 1.72. The number of hydrogen-bond acceptors (Lipinski definition) is 5. The van der Waals surface area contributed by atoms with Crippen molar-refractivity contribution in [3.05, 3.63) is 53.6 Å². The molecule has 0 amide bonds. The Hall–Kier alpha value is -3.00. The predicted octanol–water partition coefficient (Wildman–Crippen LogP) is 2.29. The second-order valence-electron chi connectivity index (χ2n) is 4.61. The fourth-order valence-corrected chi connectivity index (χ4v) is 1.99. The molecule has 0 saturated heterocycles. The Labute approximate surface area is 122 Å². The maximum atomic E-state index is 12.2. The largest absolute Gasteiger partial charge is 0.504 e. The van der Waals surface area contributed by atoms with Gasteiger partial charge < -0.3 is 15.1 Å². The highest BCUT2D eigenvalue weighted by atomic mass is 16.3. The van der Waals surface area contributed by atoms with E-state index in [9.17, 15) is 15.0 Å². The van der Waals surface area contributed by atoms with E-state index in [0.717, 1.165) is 0 Å². The van der Waals surface area contributed by atoms with Gasteiger partial charge in [0.25, 0.3) is 0 Å². The smallest absolute Gasteiger partial charge is 0.182 e. The molecule has 2 aromatic rings. The van der Waals surface area contributed by atoms with Gasteiger partial charge in [-0.25, -0.2) is 0 Å². The van der Waals surface area contributed by atoms with E-state index >= 15 is 0 Å². The standard InChI is InChI=1S/C16H14N2O3/c1-18(13-5-3-2-4-12(13)9-17)10-16(21)11-6-7-14(19)15(20)8-11/h2-8,19-20H,10H2,1H3. The minimum atomic E-state index is -0.332. The fraction of sp³-hybridized carbons (Fsp3) is 0.125. The number of nitriles is 1. The zero-order chi connectivity index (χ0) is 15.4. The van der Waals surface area contributed by atoms with Crippen LogP contribution in [0.3, 0.4) is 0 Å². The molecule has 0 fully saturated rings. The first-order valence-corrected chi connectivity index (χ1v) is 6.28. The highest BCUT2D eigenvalue weighted by Gasteiger charge is 2.14. The Bertz CT molecular complexity index is 720. The number of benzene rings is 2. The lowest BCUT2D eigenvalue weighted by atomic mass is 10.1. The number of phenolic OH excluding ortho intramolecular Hbond substituents is 2. The zero-order valence-electron chi connectivity index (χ0n) is 11.4. The van der Waals surface area contributed by atoms with Gasteiger partial charge in [-0.1, -0.05) is 12.1 Å². The molecule has 0 aliphatic heterocycles. The van der Waals surface area contributed by atoms with Gasteiger partial charge in [-0.3, -0.25) is 4.79 Å². The van der Waals surface area contributed by atoms with E-state index < -0.39 is 0 Å². The van der Waals surface area contributed by atoms with Gasteiger partial charge in [-0.05, 0) is 30.3 Å². The van der Waals surface area contributed by atoms with Crippen LogP contribution in [0.5, 0.6) is 11.5 Å². The highest BCUT2D eigenvalue weighted by molar-refractivity contribution is 5.99. The molecule has 0 spiro atoms. The molecule has 0 radical (unpaired) electrons. The molecule has 0 atom stereocenters. The number of Topliss-reactive ketones (excluding diaryl/α,β-unsaturated/α-hetero) is 1. The van der Waals surface area contributed by atoms with Crippen LogP contribution in [0, 0.1) is 11.3 Å². The Balaban J connectivity index is 2.19. The Kier molecular flexibility index (Phi) is 4.10. The normalized spacial score (nSPS) is 9.90. The molecular weight excluding hydrogens is 268 g/mol. The van der Waals surface area contributed by atoms with Crippen molar-refractivity contribution in [3.8, 4) is 17.6 Å². The van der Waals surface area contributed by atoms with Crippen LogP contribution in [-0.2, 0) is 0 Å². The van der Waals surface area contributed by atoms with Crippen LogP contribution in [0.4, 0.5) is 5.69 Å². The Morgan fingerprint density at radius 1 is 1.19 bits per heavy atom. The summed E-state index contributed by atoms with van der Waals surface area (Å²) in [5.41, 5.74) is 1.45. The summed E-state index contributed by atoms with van der Waals surface area (Å²) < 4.78 is 0. The summed E-state index contributed by atoms with van der Waals surface area (Å²) in [6.45, 7) is 0.0584.